The zero-order chi connectivity index (χ0) is 26.2. The molecule has 1 aliphatic heterocycles. The number of aromatic nitrogens is 4. The monoisotopic (exact) mass is 505 g/mol. The van der Waals surface area contributed by atoms with Crippen molar-refractivity contribution in [3.05, 3.63) is 78.2 Å². The highest BCUT2D eigenvalue weighted by Gasteiger charge is 2.26. The van der Waals surface area contributed by atoms with E-state index < -0.39 is 0 Å². The molecule has 2 aromatic carbocycles. The molecule has 5 aromatic rings. The summed E-state index contributed by atoms with van der Waals surface area (Å²) in [6, 6.07) is 18.9. The molecule has 3 aromatic heterocycles. The number of fused-ring (bicyclic) bond motifs is 2. The lowest BCUT2D eigenvalue weighted by molar-refractivity contribution is -0.148. The quantitative estimate of drug-likeness (QED) is 0.272. The molecule has 0 unspecified atom stereocenters. The Kier molecular flexibility index (Phi) is 6.27. The van der Waals surface area contributed by atoms with Crippen molar-refractivity contribution in [2.45, 2.75) is 33.6 Å². The lowest BCUT2D eigenvalue weighted by Crippen LogP contribution is -2.37. The first-order valence-electron chi connectivity index (χ1n) is 13.3. The number of anilines is 1. The molecule has 1 fully saturated rings. The van der Waals surface area contributed by atoms with Gasteiger partial charge in [0.05, 0.1) is 29.9 Å². The van der Waals surface area contributed by atoms with E-state index in [1.54, 1.807) is 0 Å². The summed E-state index contributed by atoms with van der Waals surface area (Å²) in [5.74, 6) is 0.822. The number of pyridine rings is 2. The molecule has 38 heavy (non-hydrogen) atoms. The molecule has 1 saturated heterocycles. The number of ether oxygens (including phenoxy) is 1. The third-order valence-corrected chi connectivity index (χ3v) is 7.48. The second kappa shape index (κ2) is 9.89. The van der Waals surface area contributed by atoms with Gasteiger partial charge in [0.25, 0.3) is 0 Å². The SMILES string of the molecule is CCOC(=O)C1CCN(c2ccc(-n3nc(-c4cccc5cnc(C)cc45)c4cccc(C)c43)cn2)CC1. The van der Waals surface area contributed by atoms with E-state index in [1.165, 1.54) is 0 Å². The van der Waals surface area contributed by atoms with Gasteiger partial charge in [0, 0.05) is 41.3 Å². The van der Waals surface area contributed by atoms with Gasteiger partial charge in [-0.15, -0.1) is 0 Å². The fraction of sp³-hybridized carbons (Fsp3) is 0.290. The number of rotatable bonds is 5. The van der Waals surface area contributed by atoms with Gasteiger partial charge in [-0.25, -0.2) is 9.67 Å². The number of piperidine rings is 1. The Balaban J connectivity index is 1.35. The van der Waals surface area contributed by atoms with Crippen molar-refractivity contribution in [2.24, 2.45) is 5.92 Å². The summed E-state index contributed by atoms with van der Waals surface area (Å²) >= 11 is 0. The zero-order valence-electron chi connectivity index (χ0n) is 22.0. The lowest BCUT2D eigenvalue weighted by Gasteiger charge is -2.31. The summed E-state index contributed by atoms with van der Waals surface area (Å²) in [4.78, 5) is 23.6. The molecule has 0 N–H and O–H groups in total. The molecule has 0 bridgehead atoms. The molecule has 0 spiro atoms. The predicted octanol–water partition coefficient (Wildman–Crippen LogP) is 6.03. The minimum absolute atomic E-state index is 0.0176. The Hall–Kier alpha value is -4.26. The fourth-order valence-electron chi connectivity index (χ4n) is 5.50. The van der Waals surface area contributed by atoms with Crippen LogP contribution in [0.15, 0.2) is 67.0 Å². The van der Waals surface area contributed by atoms with Crippen LogP contribution in [0.1, 0.15) is 31.0 Å². The average Bonchev–Trinajstić information content (AvgIpc) is 3.34. The van der Waals surface area contributed by atoms with E-state index >= 15 is 0 Å². The Labute approximate surface area is 222 Å². The highest BCUT2D eigenvalue weighted by molar-refractivity contribution is 6.04. The van der Waals surface area contributed by atoms with Crippen molar-refractivity contribution < 1.29 is 9.53 Å². The maximum atomic E-state index is 12.1. The van der Waals surface area contributed by atoms with Crippen LogP contribution in [-0.2, 0) is 9.53 Å². The molecule has 0 saturated carbocycles. The maximum absolute atomic E-state index is 12.1. The molecule has 4 heterocycles. The van der Waals surface area contributed by atoms with Crippen molar-refractivity contribution >= 4 is 33.5 Å². The second-order valence-corrected chi connectivity index (χ2v) is 9.97. The first-order valence-corrected chi connectivity index (χ1v) is 13.3. The van der Waals surface area contributed by atoms with Crippen molar-refractivity contribution in [3.63, 3.8) is 0 Å². The van der Waals surface area contributed by atoms with Crippen LogP contribution in [0, 0.1) is 19.8 Å². The Morgan fingerprint density at radius 2 is 1.79 bits per heavy atom. The second-order valence-electron chi connectivity index (χ2n) is 9.97. The lowest BCUT2D eigenvalue weighted by atomic mass is 9.97. The van der Waals surface area contributed by atoms with Crippen LogP contribution in [0.5, 0.6) is 0 Å². The number of hydrogen-bond donors (Lipinski definition) is 0. The van der Waals surface area contributed by atoms with Gasteiger partial charge in [-0.3, -0.25) is 9.78 Å². The van der Waals surface area contributed by atoms with Crippen molar-refractivity contribution in [1.29, 1.82) is 0 Å². The number of hydrogen-bond acceptors (Lipinski definition) is 6. The zero-order valence-corrected chi connectivity index (χ0v) is 22.0. The molecule has 7 heteroatoms. The summed E-state index contributed by atoms with van der Waals surface area (Å²) in [5.41, 5.74) is 6.18. The number of carbonyl (C=O) groups is 1. The number of para-hydroxylation sites is 1. The van der Waals surface area contributed by atoms with Crippen LogP contribution in [0.4, 0.5) is 5.82 Å². The van der Waals surface area contributed by atoms with E-state index in [9.17, 15) is 4.79 Å². The summed E-state index contributed by atoms with van der Waals surface area (Å²) < 4.78 is 7.22. The molecule has 7 nitrogen and oxygen atoms in total. The number of aryl methyl sites for hydroxylation is 2. The van der Waals surface area contributed by atoms with Crippen molar-refractivity contribution in [2.75, 3.05) is 24.6 Å². The highest BCUT2D eigenvalue weighted by atomic mass is 16.5. The first kappa shape index (κ1) is 24.1. The molecular weight excluding hydrogens is 474 g/mol. The fourth-order valence-corrected chi connectivity index (χ4v) is 5.50. The van der Waals surface area contributed by atoms with E-state index in [0.29, 0.717) is 6.61 Å². The average molecular weight is 506 g/mol. The summed E-state index contributed by atoms with van der Waals surface area (Å²) in [6.07, 6.45) is 5.40. The van der Waals surface area contributed by atoms with E-state index in [4.69, 9.17) is 14.8 Å². The molecule has 0 amide bonds. The van der Waals surface area contributed by atoms with Crippen LogP contribution in [-0.4, -0.2) is 45.4 Å². The van der Waals surface area contributed by atoms with Gasteiger partial charge in [-0.05, 0) is 62.8 Å². The molecule has 0 aliphatic carbocycles. The van der Waals surface area contributed by atoms with Crippen LogP contribution in [0.2, 0.25) is 0 Å². The van der Waals surface area contributed by atoms with Gasteiger partial charge < -0.3 is 9.64 Å². The normalized spacial score (nSPS) is 14.3. The van der Waals surface area contributed by atoms with Gasteiger partial charge in [0.15, 0.2) is 0 Å². The third-order valence-electron chi connectivity index (χ3n) is 7.48. The van der Waals surface area contributed by atoms with E-state index in [0.717, 1.165) is 81.6 Å². The topological polar surface area (TPSA) is 73.1 Å². The van der Waals surface area contributed by atoms with Crippen LogP contribution >= 0.6 is 0 Å². The van der Waals surface area contributed by atoms with Gasteiger partial charge in [0.1, 0.15) is 11.5 Å². The smallest absolute Gasteiger partial charge is 0.309 e. The Morgan fingerprint density at radius 1 is 0.974 bits per heavy atom. The van der Waals surface area contributed by atoms with Crippen molar-refractivity contribution in [3.8, 4) is 16.9 Å². The van der Waals surface area contributed by atoms with Crippen LogP contribution in [0.3, 0.4) is 0 Å². The van der Waals surface area contributed by atoms with Gasteiger partial charge in [0.2, 0.25) is 0 Å². The number of carbonyl (C=O) groups excluding carboxylic acids is 1. The maximum Gasteiger partial charge on any atom is 0.309 e. The van der Waals surface area contributed by atoms with E-state index in [1.807, 2.05) is 30.9 Å². The van der Waals surface area contributed by atoms with E-state index in [2.05, 4.69) is 71.4 Å². The van der Waals surface area contributed by atoms with Gasteiger partial charge in [-0.2, -0.15) is 5.10 Å². The first-order chi connectivity index (χ1) is 18.5. The third kappa shape index (κ3) is 4.28. The summed E-state index contributed by atoms with van der Waals surface area (Å²) in [7, 11) is 0. The molecule has 0 atom stereocenters. The predicted molar refractivity (Wildman–Crippen MR) is 151 cm³/mol. The van der Waals surface area contributed by atoms with Gasteiger partial charge >= 0.3 is 5.97 Å². The Bertz CT molecular complexity index is 1630. The van der Waals surface area contributed by atoms with E-state index in [-0.39, 0.29) is 11.9 Å². The summed E-state index contributed by atoms with van der Waals surface area (Å²) in [5, 5.41) is 8.50. The van der Waals surface area contributed by atoms with Crippen LogP contribution < -0.4 is 4.90 Å². The number of nitrogens with zero attached hydrogens (tertiary/aromatic N) is 5. The highest BCUT2D eigenvalue weighted by Crippen LogP contribution is 2.35. The van der Waals surface area contributed by atoms with Crippen LogP contribution in [0.25, 0.3) is 38.6 Å². The minimum Gasteiger partial charge on any atom is -0.466 e. The molecular formula is C31H31N5O2. The minimum atomic E-state index is -0.0789. The molecule has 192 valence electrons. The molecule has 0 radical (unpaired) electrons. The largest absolute Gasteiger partial charge is 0.466 e. The number of esters is 1. The molecule has 1 aliphatic rings. The number of benzene rings is 2. The van der Waals surface area contributed by atoms with Crippen molar-refractivity contribution in [1.82, 2.24) is 19.7 Å². The standard InChI is InChI=1S/C31H31N5O2/c1-4-38-31(37)22-13-15-35(16-14-22)28-12-11-24(19-33-28)36-30-20(2)7-5-10-26(30)29(34-36)25-9-6-8-23-18-32-21(3)17-27(23)25/h5-12,17-19,22H,4,13-16H2,1-3H3. The summed E-state index contributed by atoms with van der Waals surface area (Å²) in [6.45, 7) is 8.01. The Morgan fingerprint density at radius 3 is 2.55 bits per heavy atom. The van der Waals surface area contributed by atoms with Gasteiger partial charge in [-0.1, -0.05) is 36.4 Å². The molecule has 6 rings (SSSR count).